The molecule has 13 heavy (non-hydrogen) atoms. The maximum Gasteiger partial charge on any atom is 0.0436 e. The molecule has 0 bridgehead atoms. The van der Waals surface area contributed by atoms with Gasteiger partial charge in [-0.3, -0.25) is 0 Å². The van der Waals surface area contributed by atoms with Gasteiger partial charge in [0.1, 0.15) is 0 Å². The van der Waals surface area contributed by atoms with Gasteiger partial charge in [0.2, 0.25) is 0 Å². The van der Waals surface area contributed by atoms with Crippen LogP contribution in [0, 0.1) is 0 Å². The van der Waals surface area contributed by atoms with Crippen molar-refractivity contribution < 1.29 is 5.11 Å². The first-order chi connectivity index (χ1) is 6.42. The molecule has 1 nitrogen and oxygen atoms in total. The van der Waals surface area contributed by atoms with Crippen molar-refractivity contribution in [3.8, 4) is 0 Å². The Morgan fingerprint density at radius 3 is 3.08 bits per heavy atom. The van der Waals surface area contributed by atoms with E-state index < -0.39 is 0 Å². The molecule has 0 fully saturated rings. The highest BCUT2D eigenvalue weighted by Crippen LogP contribution is 2.38. The Labute approximate surface area is 83.2 Å². The van der Waals surface area contributed by atoms with Crippen molar-refractivity contribution >= 4 is 11.8 Å². The molecule has 0 saturated carbocycles. The van der Waals surface area contributed by atoms with Gasteiger partial charge in [-0.05, 0) is 36.1 Å². The zero-order valence-corrected chi connectivity index (χ0v) is 8.39. The van der Waals surface area contributed by atoms with E-state index in [0.29, 0.717) is 12.5 Å². The summed E-state index contributed by atoms with van der Waals surface area (Å²) >= 11 is 1.94. The van der Waals surface area contributed by atoms with Crippen LogP contribution in [0.4, 0.5) is 0 Å². The second-order valence-electron chi connectivity index (χ2n) is 3.38. The van der Waals surface area contributed by atoms with Crippen molar-refractivity contribution in [1.29, 1.82) is 0 Å². The van der Waals surface area contributed by atoms with E-state index in [9.17, 15) is 0 Å². The topological polar surface area (TPSA) is 20.2 Å². The molecule has 1 heterocycles. The molecule has 0 aliphatic carbocycles. The maximum absolute atomic E-state index is 8.94. The molecule has 0 spiro atoms. The first-order valence-corrected chi connectivity index (χ1v) is 5.73. The lowest BCUT2D eigenvalue weighted by atomic mass is 9.93. The summed E-state index contributed by atoms with van der Waals surface area (Å²) in [6.45, 7) is 0.309. The minimum Gasteiger partial charge on any atom is -0.396 e. The zero-order chi connectivity index (χ0) is 9.10. The molecule has 1 N–H and O–H groups in total. The van der Waals surface area contributed by atoms with Crippen LogP contribution in [0.15, 0.2) is 29.2 Å². The molecule has 2 rings (SSSR count). The molecule has 0 radical (unpaired) electrons. The molecule has 1 atom stereocenters. The van der Waals surface area contributed by atoms with Gasteiger partial charge in [-0.25, -0.2) is 0 Å². The van der Waals surface area contributed by atoms with Gasteiger partial charge in [0, 0.05) is 11.5 Å². The first-order valence-electron chi connectivity index (χ1n) is 4.74. The summed E-state index contributed by atoms with van der Waals surface area (Å²) in [5.74, 6) is 1.78. The quantitative estimate of drug-likeness (QED) is 0.781. The summed E-state index contributed by atoms with van der Waals surface area (Å²) < 4.78 is 0. The fraction of sp³-hybridized carbons (Fsp3) is 0.455. The number of aliphatic hydroxyl groups excluding tert-OH is 1. The van der Waals surface area contributed by atoms with Crippen LogP contribution in [0.2, 0.25) is 0 Å². The van der Waals surface area contributed by atoms with E-state index in [2.05, 4.69) is 24.3 Å². The summed E-state index contributed by atoms with van der Waals surface area (Å²) in [4.78, 5) is 1.41. The van der Waals surface area contributed by atoms with Crippen molar-refractivity contribution in [3.63, 3.8) is 0 Å². The van der Waals surface area contributed by atoms with Gasteiger partial charge in [-0.1, -0.05) is 18.2 Å². The lowest BCUT2D eigenvalue weighted by molar-refractivity contribution is 0.273. The maximum atomic E-state index is 8.94. The molecule has 0 amide bonds. The van der Waals surface area contributed by atoms with Crippen molar-refractivity contribution in [2.75, 3.05) is 12.4 Å². The number of rotatable bonds is 2. The molecule has 1 aliphatic rings. The molecular formula is C11H14OS. The Balaban J connectivity index is 2.26. The average molecular weight is 194 g/mol. The van der Waals surface area contributed by atoms with Crippen molar-refractivity contribution in [1.82, 2.24) is 0 Å². The van der Waals surface area contributed by atoms with E-state index in [1.807, 2.05) is 11.8 Å². The van der Waals surface area contributed by atoms with Crippen LogP contribution in [0.3, 0.4) is 0 Å². The third kappa shape index (κ3) is 1.89. The third-order valence-electron chi connectivity index (χ3n) is 2.56. The van der Waals surface area contributed by atoms with E-state index >= 15 is 0 Å². The zero-order valence-electron chi connectivity index (χ0n) is 7.57. The second-order valence-corrected chi connectivity index (χ2v) is 4.52. The molecule has 1 unspecified atom stereocenters. The monoisotopic (exact) mass is 194 g/mol. The summed E-state index contributed by atoms with van der Waals surface area (Å²) in [5, 5.41) is 8.94. The molecule has 0 aromatic heterocycles. The predicted molar refractivity (Wildman–Crippen MR) is 56.2 cm³/mol. The van der Waals surface area contributed by atoms with Crippen LogP contribution >= 0.6 is 11.8 Å². The highest BCUT2D eigenvalue weighted by molar-refractivity contribution is 7.99. The summed E-state index contributed by atoms with van der Waals surface area (Å²) in [7, 11) is 0. The fourth-order valence-electron chi connectivity index (χ4n) is 1.87. The fourth-order valence-corrected chi connectivity index (χ4v) is 3.07. The van der Waals surface area contributed by atoms with E-state index in [1.54, 1.807) is 0 Å². The smallest absolute Gasteiger partial charge is 0.0436 e. The molecule has 70 valence electrons. The lowest BCUT2D eigenvalue weighted by Gasteiger charge is -2.24. The van der Waals surface area contributed by atoms with Crippen LogP contribution < -0.4 is 0 Å². The number of fused-ring (bicyclic) bond motifs is 1. The van der Waals surface area contributed by atoms with Gasteiger partial charge >= 0.3 is 0 Å². The van der Waals surface area contributed by atoms with Crippen LogP contribution in [-0.4, -0.2) is 17.5 Å². The number of benzene rings is 1. The number of thioether (sulfide) groups is 1. The number of aliphatic hydroxyl groups is 1. The molecular weight excluding hydrogens is 180 g/mol. The van der Waals surface area contributed by atoms with Gasteiger partial charge in [-0.2, -0.15) is 0 Å². The summed E-state index contributed by atoms with van der Waals surface area (Å²) in [6, 6.07) is 8.56. The van der Waals surface area contributed by atoms with Gasteiger partial charge in [-0.15, -0.1) is 11.8 Å². The van der Waals surface area contributed by atoms with Crippen molar-refractivity contribution in [2.45, 2.75) is 23.7 Å². The van der Waals surface area contributed by atoms with E-state index in [1.165, 1.54) is 22.6 Å². The Hall–Kier alpha value is -0.470. The largest absolute Gasteiger partial charge is 0.396 e. The Morgan fingerprint density at radius 2 is 2.23 bits per heavy atom. The molecule has 2 heteroatoms. The number of hydrogen-bond acceptors (Lipinski definition) is 2. The van der Waals surface area contributed by atoms with E-state index in [-0.39, 0.29) is 0 Å². The minimum atomic E-state index is 0.309. The van der Waals surface area contributed by atoms with Crippen LogP contribution in [0.5, 0.6) is 0 Å². The lowest BCUT2D eigenvalue weighted by Crippen LogP contribution is -2.08. The summed E-state index contributed by atoms with van der Waals surface area (Å²) in [5.41, 5.74) is 1.44. The van der Waals surface area contributed by atoms with Crippen molar-refractivity contribution in [2.24, 2.45) is 0 Å². The van der Waals surface area contributed by atoms with E-state index in [0.717, 1.165) is 6.42 Å². The van der Waals surface area contributed by atoms with Gasteiger partial charge in [0.05, 0.1) is 0 Å². The Bertz CT molecular complexity index is 285. The first kappa shape index (κ1) is 9.10. The van der Waals surface area contributed by atoms with Crippen LogP contribution in [-0.2, 0) is 0 Å². The minimum absolute atomic E-state index is 0.309. The molecule has 1 aromatic rings. The average Bonchev–Trinajstić information content (AvgIpc) is 2.19. The predicted octanol–water partition coefficient (Wildman–Crippen LogP) is 2.65. The normalized spacial score (nSPS) is 21.2. The SMILES string of the molecule is OCCC1CCSc2ccccc21. The molecule has 1 aliphatic heterocycles. The van der Waals surface area contributed by atoms with Gasteiger partial charge in [0.25, 0.3) is 0 Å². The standard InChI is InChI=1S/C11H14OS/c12-7-5-9-6-8-13-11-4-2-1-3-10(9)11/h1-4,9,12H,5-8H2. The Kier molecular flexibility index (Phi) is 2.91. The third-order valence-corrected chi connectivity index (χ3v) is 3.68. The highest BCUT2D eigenvalue weighted by atomic mass is 32.2. The number of hydrogen-bond donors (Lipinski definition) is 1. The van der Waals surface area contributed by atoms with Gasteiger partial charge in [0.15, 0.2) is 0 Å². The highest BCUT2D eigenvalue weighted by Gasteiger charge is 2.19. The van der Waals surface area contributed by atoms with Crippen LogP contribution in [0.25, 0.3) is 0 Å². The molecule has 0 saturated heterocycles. The van der Waals surface area contributed by atoms with E-state index in [4.69, 9.17) is 5.11 Å². The Morgan fingerprint density at radius 1 is 1.38 bits per heavy atom. The van der Waals surface area contributed by atoms with Gasteiger partial charge < -0.3 is 5.11 Å². The van der Waals surface area contributed by atoms with Crippen molar-refractivity contribution in [3.05, 3.63) is 29.8 Å². The van der Waals surface area contributed by atoms with Crippen LogP contribution in [0.1, 0.15) is 24.3 Å². The second kappa shape index (κ2) is 4.16. The summed E-state index contributed by atoms with van der Waals surface area (Å²) in [6.07, 6.45) is 2.12. The molecule has 1 aromatic carbocycles.